The number of benzene rings is 2. The minimum absolute atomic E-state index is 0.0582. The summed E-state index contributed by atoms with van der Waals surface area (Å²) < 4.78 is 1.80. The van der Waals surface area contributed by atoms with Crippen LogP contribution >= 0.6 is 0 Å². The average Bonchev–Trinajstić information content (AvgIpc) is 3.28. The third-order valence-electron chi connectivity index (χ3n) is 4.88. The van der Waals surface area contributed by atoms with E-state index in [-0.39, 0.29) is 11.8 Å². The molecule has 0 unspecified atom stereocenters. The Bertz CT molecular complexity index is 961. The van der Waals surface area contributed by atoms with Gasteiger partial charge in [-0.05, 0) is 53.5 Å². The minimum atomic E-state index is -0.0582. The van der Waals surface area contributed by atoms with E-state index in [1.54, 1.807) is 23.0 Å². The Labute approximate surface area is 163 Å². The van der Waals surface area contributed by atoms with Crippen molar-refractivity contribution in [3.05, 3.63) is 84.2 Å². The second-order valence-electron chi connectivity index (χ2n) is 6.75. The quantitative estimate of drug-likeness (QED) is 0.733. The summed E-state index contributed by atoms with van der Waals surface area (Å²) in [4.78, 5) is 14.3. The van der Waals surface area contributed by atoms with Crippen molar-refractivity contribution in [2.45, 2.75) is 13.0 Å². The van der Waals surface area contributed by atoms with E-state index < -0.39 is 0 Å². The zero-order chi connectivity index (χ0) is 19.3. The lowest BCUT2D eigenvalue weighted by atomic mass is 9.99. The number of hydrogen-bond acceptors (Lipinski definition) is 3. The molecule has 1 aliphatic rings. The Balaban J connectivity index is 1.30. The second-order valence-corrected chi connectivity index (χ2v) is 6.75. The van der Waals surface area contributed by atoms with Gasteiger partial charge in [0.25, 0.3) is 0 Å². The van der Waals surface area contributed by atoms with Crippen LogP contribution in [0.3, 0.4) is 0 Å². The molecule has 28 heavy (non-hydrogen) atoms. The van der Waals surface area contributed by atoms with Gasteiger partial charge in [0.1, 0.15) is 5.75 Å². The highest BCUT2D eigenvalue weighted by Gasteiger charge is 2.17. The summed E-state index contributed by atoms with van der Waals surface area (Å²) in [7, 11) is 0. The van der Waals surface area contributed by atoms with E-state index in [9.17, 15) is 9.90 Å². The smallest absolute Gasteiger partial charge is 0.317 e. The van der Waals surface area contributed by atoms with E-state index in [1.165, 1.54) is 5.57 Å². The van der Waals surface area contributed by atoms with Crippen molar-refractivity contribution < 1.29 is 9.90 Å². The molecule has 142 valence electrons. The molecule has 1 aliphatic heterocycles. The number of urea groups is 1. The predicted molar refractivity (Wildman–Crippen MR) is 108 cm³/mol. The Hall–Kier alpha value is -3.54. The maximum absolute atomic E-state index is 12.5. The lowest BCUT2D eigenvalue weighted by molar-refractivity contribution is 0.202. The van der Waals surface area contributed by atoms with E-state index in [4.69, 9.17) is 0 Å². The van der Waals surface area contributed by atoms with E-state index in [2.05, 4.69) is 16.5 Å². The molecule has 6 heteroatoms. The van der Waals surface area contributed by atoms with Crippen molar-refractivity contribution in [1.82, 2.24) is 20.0 Å². The summed E-state index contributed by atoms with van der Waals surface area (Å²) in [5, 5.41) is 16.6. The van der Waals surface area contributed by atoms with Gasteiger partial charge in [-0.3, -0.25) is 0 Å². The third kappa shape index (κ3) is 4.06. The highest BCUT2D eigenvalue weighted by Crippen LogP contribution is 2.24. The first-order chi connectivity index (χ1) is 13.7. The number of hydrogen-bond donors (Lipinski definition) is 2. The monoisotopic (exact) mass is 374 g/mol. The maximum Gasteiger partial charge on any atom is 0.317 e. The normalized spacial score (nSPS) is 13.9. The van der Waals surface area contributed by atoms with Gasteiger partial charge in [-0.1, -0.05) is 30.3 Å². The van der Waals surface area contributed by atoms with Gasteiger partial charge < -0.3 is 15.3 Å². The molecule has 0 saturated heterocycles. The van der Waals surface area contributed by atoms with Gasteiger partial charge in [0.05, 0.1) is 5.69 Å². The summed E-state index contributed by atoms with van der Waals surface area (Å²) in [5.74, 6) is 0.263. The second kappa shape index (κ2) is 8.00. The van der Waals surface area contributed by atoms with Crippen molar-refractivity contribution in [2.24, 2.45) is 0 Å². The predicted octanol–water partition coefficient (Wildman–Crippen LogP) is 3.58. The Kier molecular flexibility index (Phi) is 5.10. The van der Waals surface area contributed by atoms with Gasteiger partial charge in [0, 0.05) is 32.0 Å². The fourth-order valence-corrected chi connectivity index (χ4v) is 3.27. The van der Waals surface area contributed by atoms with E-state index in [0.29, 0.717) is 19.6 Å². The van der Waals surface area contributed by atoms with E-state index in [1.807, 2.05) is 53.6 Å². The number of phenolic OH excluding ortho intramolecular Hbond substituents is 1. The lowest BCUT2D eigenvalue weighted by Crippen LogP contribution is -2.41. The first-order valence-electron chi connectivity index (χ1n) is 9.29. The van der Waals surface area contributed by atoms with Crippen LogP contribution in [0.1, 0.15) is 17.5 Å². The van der Waals surface area contributed by atoms with Gasteiger partial charge >= 0.3 is 6.03 Å². The van der Waals surface area contributed by atoms with Crippen LogP contribution in [0.5, 0.6) is 5.75 Å². The molecule has 0 fully saturated rings. The van der Waals surface area contributed by atoms with Crippen molar-refractivity contribution in [3.8, 4) is 11.4 Å². The molecule has 1 aromatic heterocycles. The number of aromatic nitrogens is 2. The van der Waals surface area contributed by atoms with E-state index in [0.717, 1.165) is 23.2 Å². The van der Waals surface area contributed by atoms with Crippen LogP contribution in [0.4, 0.5) is 4.79 Å². The van der Waals surface area contributed by atoms with Crippen LogP contribution in [0, 0.1) is 0 Å². The number of rotatable bonds is 4. The van der Waals surface area contributed by atoms with Gasteiger partial charge in [-0.15, -0.1) is 0 Å². The van der Waals surface area contributed by atoms with Crippen molar-refractivity contribution in [3.63, 3.8) is 0 Å². The molecule has 2 amide bonds. The Morgan fingerprint density at radius 2 is 1.89 bits per heavy atom. The average molecular weight is 374 g/mol. The number of carbonyl (C=O) groups is 1. The zero-order valence-corrected chi connectivity index (χ0v) is 15.5. The third-order valence-corrected chi connectivity index (χ3v) is 4.88. The molecule has 0 atom stereocenters. The molecule has 3 aromatic rings. The first-order valence-corrected chi connectivity index (χ1v) is 9.29. The molecule has 0 bridgehead atoms. The molecule has 0 radical (unpaired) electrons. The molecule has 6 nitrogen and oxygen atoms in total. The van der Waals surface area contributed by atoms with Crippen LogP contribution in [-0.2, 0) is 6.54 Å². The number of carbonyl (C=O) groups excluding carboxylic acids is 1. The first kappa shape index (κ1) is 17.9. The molecule has 4 rings (SSSR count). The van der Waals surface area contributed by atoms with Gasteiger partial charge in [0.15, 0.2) is 0 Å². The van der Waals surface area contributed by atoms with Crippen molar-refractivity contribution in [2.75, 3.05) is 13.1 Å². The SMILES string of the molecule is O=C(NCc1ccc(-n2cccn2)cc1)N1CC=C(c2ccc(O)cc2)CC1. The number of nitrogens with zero attached hydrogens (tertiary/aromatic N) is 3. The Morgan fingerprint density at radius 3 is 2.54 bits per heavy atom. The number of amides is 2. The molecule has 2 aromatic carbocycles. The van der Waals surface area contributed by atoms with Gasteiger partial charge in [0.2, 0.25) is 0 Å². The molecule has 0 spiro atoms. The van der Waals surface area contributed by atoms with Crippen LogP contribution < -0.4 is 5.32 Å². The van der Waals surface area contributed by atoms with E-state index >= 15 is 0 Å². The summed E-state index contributed by atoms with van der Waals surface area (Å²) in [6, 6.07) is 17.0. The molecular weight excluding hydrogens is 352 g/mol. The number of nitrogens with one attached hydrogen (secondary N) is 1. The topological polar surface area (TPSA) is 70.4 Å². The number of aromatic hydroxyl groups is 1. The summed E-state index contributed by atoms with van der Waals surface area (Å²) >= 11 is 0. The summed E-state index contributed by atoms with van der Waals surface area (Å²) in [5.41, 5.74) is 4.33. The van der Waals surface area contributed by atoms with Crippen LogP contribution in [-0.4, -0.2) is 38.9 Å². The molecule has 2 N–H and O–H groups in total. The van der Waals surface area contributed by atoms with Crippen molar-refractivity contribution >= 4 is 11.6 Å². The Morgan fingerprint density at radius 1 is 1.11 bits per heavy atom. The van der Waals surface area contributed by atoms with Gasteiger partial charge in [-0.25, -0.2) is 9.48 Å². The van der Waals surface area contributed by atoms with Crippen molar-refractivity contribution in [1.29, 1.82) is 0 Å². The van der Waals surface area contributed by atoms with Crippen LogP contribution in [0.25, 0.3) is 11.3 Å². The summed E-state index contributed by atoms with van der Waals surface area (Å²) in [6.07, 6.45) is 6.52. The standard InChI is InChI=1S/C22H22N4O2/c27-21-8-4-18(5-9-21)19-10-14-25(15-11-19)22(28)23-16-17-2-6-20(7-3-17)26-13-1-12-24-26/h1-10,12-13,27H,11,14-16H2,(H,23,28). The largest absolute Gasteiger partial charge is 0.508 e. The number of phenols is 1. The maximum atomic E-state index is 12.5. The van der Waals surface area contributed by atoms with Crippen LogP contribution in [0.2, 0.25) is 0 Å². The van der Waals surface area contributed by atoms with Crippen LogP contribution in [0.15, 0.2) is 73.1 Å². The lowest BCUT2D eigenvalue weighted by Gasteiger charge is -2.27. The van der Waals surface area contributed by atoms with Gasteiger partial charge in [-0.2, -0.15) is 5.10 Å². The zero-order valence-electron chi connectivity index (χ0n) is 15.5. The minimum Gasteiger partial charge on any atom is -0.508 e. The molecule has 0 aliphatic carbocycles. The fourth-order valence-electron chi connectivity index (χ4n) is 3.27. The highest BCUT2D eigenvalue weighted by atomic mass is 16.3. The summed E-state index contributed by atoms with van der Waals surface area (Å²) in [6.45, 7) is 1.75. The molecule has 0 saturated carbocycles. The molecule has 2 heterocycles. The fraction of sp³-hybridized carbons (Fsp3) is 0.182. The highest BCUT2D eigenvalue weighted by molar-refractivity contribution is 5.76. The molecular formula is C22H22N4O2.